The second-order valence-corrected chi connectivity index (χ2v) is 2.84. The average Bonchev–Trinajstić information content (AvgIpc) is 2.04. The molecule has 1 aromatic rings. The lowest BCUT2D eigenvalue weighted by Gasteiger charge is -1.92. The highest BCUT2D eigenvalue weighted by atomic mass is 31.1. The molecule has 0 radical (unpaired) electrons. The summed E-state index contributed by atoms with van der Waals surface area (Å²) in [5.74, 6) is 1.59. The number of benzene rings is 1. The van der Waals surface area contributed by atoms with E-state index in [1.165, 1.54) is 5.56 Å². The van der Waals surface area contributed by atoms with Gasteiger partial charge in [0.25, 0.3) is 0 Å². The summed E-state index contributed by atoms with van der Waals surface area (Å²) in [6.07, 6.45) is 1.83. The number of aryl methyl sites for hydroxylation is 1. The molecule has 0 aliphatic rings. The van der Waals surface area contributed by atoms with E-state index in [4.69, 9.17) is 0 Å². The molecular weight excluding hydrogens is 155 g/mol. The first-order chi connectivity index (χ1) is 5.33. The third-order valence-electron chi connectivity index (χ3n) is 1.41. The summed E-state index contributed by atoms with van der Waals surface area (Å²) in [5, 5.41) is 0. The van der Waals surface area contributed by atoms with Gasteiger partial charge in [0.15, 0.2) is 8.46 Å². The largest absolute Gasteiger partial charge is 0.270 e. The molecule has 0 saturated carbocycles. The van der Waals surface area contributed by atoms with Gasteiger partial charge in [0, 0.05) is 5.82 Å². The predicted octanol–water partition coefficient (Wildman–Crippen LogP) is 3.26. The van der Waals surface area contributed by atoms with Crippen molar-refractivity contribution in [2.24, 2.45) is 0 Å². The van der Waals surface area contributed by atoms with E-state index in [0.29, 0.717) is 0 Å². The zero-order valence-electron chi connectivity index (χ0n) is 6.32. The van der Waals surface area contributed by atoms with Crippen molar-refractivity contribution >= 4 is 14.5 Å². The van der Waals surface area contributed by atoms with Gasteiger partial charge < -0.3 is 0 Å². The quantitative estimate of drug-likeness (QED) is 0.613. The Hall–Kier alpha value is -0.940. The highest BCUT2D eigenvalue weighted by Gasteiger charge is 1.84. The van der Waals surface area contributed by atoms with Gasteiger partial charge in [-0.25, -0.2) is 0 Å². The highest BCUT2D eigenvalue weighted by molar-refractivity contribution is 7.28. The van der Waals surface area contributed by atoms with Crippen LogP contribution in [0.4, 0.5) is 0 Å². The fourth-order valence-corrected chi connectivity index (χ4v) is 1.03. The highest BCUT2D eigenvalue weighted by Crippen LogP contribution is 2.07. The predicted molar refractivity (Wildman–Crippen MR) is 47.8 cm³/mol. The Balaban J connectivity index is 2.81. The Morgan fingerprint density at radius 1 is 1.27 bits per heavy atom. The van der Waals surface area contributed by atoms with Crippen molar-refractivity contribution in [2.45, 2.75) is 6.92 Å². The summed E-state index contributed by atoms with van der Waals surface area (Å²) in [6, 6.07) is 8.05. The van der Waals surface area contributed by atoms with Crippen LogP contribution in [0.25, 0.3) is 6.08 Å². The normalized spacial score (nSPS) is 11.0. The molecule has 0 amide bonds. The van der Waals surface area contributed by atoms with Crippen LogP contribution >= 0.6 is 8.46 Å². The Morgan fingerprint density at radius 2 is 1.91 bits per heavy atom. The molecule has 0 bridgehead atoms. The zero-order chi connectivity index (χ0) is 8.10. The van der Waals surface area contributed by atoms with Crippen molar-refractivity contribution in [2.75, 3.05) is 0 Å². The van der Waals surface area contributed by atoms with E-state index in [2.05, 4.69) is 0 Å². The maximum atomic E-state index is 10.1. The summed E-state index contributed by atoms with van der Waals surface area (Å²) < 4.78 is 10.1. The van der Waals surface area contributed by atoms with Crippen LogP contribution in [0.5, 0.6) is 0 Å². The summed E-state index contributed by atoms with van der Waals surface area (Å²) in [6.45, 7) is 2.04. The van der Waals surface area contributed by atoms with Crippen LogP contribution in [0.2, 0.25) is 0 Å². The molecular formula is C9H9OP. The molecule has 2 heteroatoms. The van der Waals surface area contributed by atoms with Gasteiger partial charge in [-0.15, -0.1) is 0 Å². The molecule has 1 aromatic carbocycles. The van der Waals surface area contributed by atoms with Crippen molar-refractivity contribution in [3.05, 3.63) is 41.2 Å². The topological polar surface area (TPSA) is 17.1 Å². The van der Waals surface area contributed by atoms with Gasteiger partial charge in [-0.05, 0) is 18.6 Å². The van der Waals surface area contributed by atoms with Crippen molar-refractivity contribution in [1.82, 2.24) is 0 Å². The number of hydrogen-bond acceptors (Lipinski definition) is 1. The van der Waals surface area contributed by atoms with Crippen LogP contribution in [-0.4, -0.2) is 0 Å². The maximum Gasteiger partial charge on any atom is 0.184 e. The summed E-state index contributed by atoms with van der Waals surface area (Å²) >= 11 is 0. The Morgan fingerprint density at radius 3 is 2.45 bits per heavy atom. The zero-order valence-corrected chi connectivity index (χ0v) is 7.21. The minimum absolute atomic E-state index is 0.0601. The fourth-order valence-electron chi connectivity index (χ4n) is 0.794. The van der Waals surface area contributed by atoms with E-state index in [-0.39, 0.29) is 8.46 Å². The van der Waals surface area contributed by atoms with Gasteiger partial charge in [0.1, 0.15) is 0 Å². The van der Waals surface area contributed by atoms with Gasteiger partial charge in [-0.3, -0.25) is 4.57 Å². The summed E-state index contributed by atoms with van der Waals surface area (Å²) in [4.78, 5) is 0. The first-order valence-electron chi connectivity index (χ1n) is 3.38. The molecule has 0 unspecified atom stereocenters. The molecule has 1 rings (SSSR count). The molecule has 1 nitrogen and oxygen atoms in total. The van der Waals surface area contributed by atoms with Crippen LogP contribution in [0.3, 0.4) is 0 Å². The van der Waals surface area contributed by atoms with Crippen LogP contribution < -0.4 is 0 Å². The van der Waals surface area contributed by atoms with Crippen molar-refractivity contribution in [3.8, 4) is 0 Å². The van der Waals surface area contributed by atoms with E-state index in [9.17, 15) is 4.57 Å². The van der Waals surface area contributed by atoms with E-state index < -0.39 is 0 Å². The third-order valence-corrected chi connectivity index (χ3v) is 1.68. The van der Waals surface area contributed by atoms with Gasteiger partial charge in [0.2, 0.25) is 0 Å². The third kappa shape index (κ3) is 2.65. The molecule has 11 heavy (non-hydrogen) atoms. The van der Waals surface area contributed by atoms with Crippen molar-refractivity contribution < 1.29 is 4.57 Å². The second kappa shape index (κ2) is 4.05. The van der Waals surface area contributed by atoms with Gasteiger partial charge in [0.05, 0.1) is 0 Å². The van der Waals surface area contributed by atoms with E-state index in [1.54, 1.807) is 5.82 Å². The number of hydrogen-bond donors (Lipinski definition) is 0. The SMILES string of the molecule is Cc1ccc(C=CP=O)cc1. The average molecular weight is 164 g/mol. The molecule has 0 spiro atoms. The molecule has 56 valence electrons. The summed E-state index contributed by atoms with van der Waals surface area (Å²) in [7, 11) is 0.0601. The molecule has 0 atom stereocenters. The molecule has 0 aliphatic heterocycles. The first kappa shape index (κ1) is 8.16. The molecule has 0 N–H and O–H groups in total. The second-order valence-electron chi connectivity index (χ2n) is 2.33. The van der Waals surface area contributed by atoms with Crippen LogP contribution in [0, 0.1) is 6.92 Å². The molecule has 0 fully saturated rings. The summed E-state index contributed by atoms with van der Waals surface area (Å²) in [5.41, 5.74) is 2.32. The van der Waals surface area contributed by atoms with E-state index >= 15 is 0 Å². The molecule has 0 heterocycles. The fraction of sp³-hybridized carbons (Fsp3) is 0.111. The standard InChI is InChI=1S/C9H9OP/c1-8-2-4-9(5-3-8)6-7-11-10/h2-7H,1H3. The van der Waals surface area contributed by atoms with Gasteiger partial charge in [-0.1, -0.05) is 29.8 Å². The Labute approximate surface area is 68.0 Å². The van der Waals surface area contributed by atoms with Gasteiger partial charge >= 0.3 is 0 Å². The Bertz CT molecular complexity index is 261. The minimum atomic E-state index is 0.0601. The van der Waals surface area contributed by atoms with Gasteiger partial charge in [-0.2, -0.15) is 0 Å². The molecule has 0 aromatic heterocycles. The lowest BCUT2D eigenvalue weighted by atomic mass is 10.2. The first-order valence-corrected chi connectivity index (χ1v) is 4.27. The molecule has 0 aliphatic carbocycles. The van der Waals surface area contributed by atoms with Crippen LogP contribution in [0.1, 0.15) is 11.1 Å². The van der Waals surface area contributed by atoms with Crippen LogP contribution in [0.15, 0.2) is 30.1 Å². The van der Waals surface area contributed by atoms with E-state index in [0.717, 1.165) is 5.56 Å². The lowest BCUT2D eigenvalue weighted by molar-refractivity contribution is 0.603. The van der Waals surface area contributed by atoms with Crippen LogP contribution in [-0.2, 0) is 4.57 Å². The minimum Gasteiger partial charge on any atom is -0.270 e. The lowest BCUT2D eigenvalue weighted by Crippen LogP contribution is -1.71. The van der Waals surface area contributed by atoms with E-state index in [1.807, 2.05) is 37.3 Å². The maximum absolute atomic E-state index is 10.1. The monoisotopic (exact) mass is 164 g/mol. The smallest absolute Gasteiger partial charge is 0.184 e. The molecule has 0 saturated heterocycles. The Kier molecular flexibility index (Phi) is 3.00. The van der Waals surface area contributed by atoms with Crippen molar-refractivity contribution in [1.29, 1.82) is 0 Å². The van der Waals surface area contributed by atoms with Crippen molar-refractivity contribution in [3.63, 3.8) is 0 Å². The number of rotatable bonds is 2.